The molecular formula is C23H32N6O2. The van der Waals surface area contributed by atoms with Crippen LogP contribution in [0.2, 0.25) is 0 Å². The third-order valence-corrected chi connectivity index (χ3v) is 4.90. The van der Waals surface area contributed by atoms with E-state index in [1.165, 1.54) is 0 Å². The zero-order chi connectivity index (χ0) is 21.7. The van der Waals surface area contributed by atoms with Crippen molar-refractivity contribution < 1.29 is 9.53 Å². The van der Waals surface area contributed by atoms with E-state index in [0.717, 1.165) is 62.3 Å². The Labute approximate surface area is 184 Å². The van der Waals surface area contributed by atoms with Gasteiger partial charge in [-0.2, -0.15) is 0 Å². The monoisotopic (exact) mass is 424 g/mol. The molecule has 1 aliphatic rings. The summed E-state index contributed by atoms with van der Waals surface area (Å²) in [6.07, 6.45) is 2.26. The molecule has 1 aromatic carbocycles. The molecule has 0 aliphatic carbocycles. The summed E-state index contributed by atoms with van der Waals surface area (Å²) in [4.78, 5) is 23.5. The number of pyridine rings is 1. The average molecular weight is 425 g/mol. The minimum absolute atomic E-state index is 0.0255. The highest BCUT2D eigenvalue weighted by Crippen LogP contribution is 2.12. The van der Waals surface area contributed by atoms with E-state index >= 15 is 0 Å². The van der Waals surface area contributed by atoms with E-state index in [0.29, 0.717) is 19.5 Å². The molecule has 8 nitrogen and oxygen atoms in total. The Morgan fingerprint density at radius 3 is 2.81 bits per heavy atom. The van der Waals surface area contributed by atoms with Gasteiger partial charge in [-0.05, 0) is 36.8 Å². The summed E-state index contributed by atoms with van der Waals surface area (Å²) in [6.45, 7) is 7.95. The number of ether oxygens (including phenoxy) is 1. The molecule has 0 unspecified atom stereocenters. The lowest BCUT2D eigenvalue weighted by Gasteiger charge is -2.26. The first-order valence-corrected chi connectivity index (χ1v) is 10.8. The van der Waals surface area contributed by atoms with Gasteiger partial charge in [0.1, 0.15) is 0 Å². The van der Waals surface area contributed by atoms with Crippen LogP contribution in [0.4, 0.5) is 5.69 Å². The highest BCUT2D eigenvalue weighted by atomic mass is 16.5. The van der Waals surface area contributed by atoms with E-state index in [-0.39, 0.29) is 5.91 Å². The van der Waals surface area contributed by atoms with Crippen molar-refractivity contribution in [2.24, 2.45) is 4.99 Å². The molecule has 3 rings (SSSR count). The largest absolute Gasteiger partial charge is 0.379 e. The first-order chi connectivity index (χ1) is 15.2. The molecule has 2 heterocycles. The maximum Gasteiger partial charge on any atom is 0.225 e. The van der Waals surface area contributed by atoms with Crippen molar-refractivity contribution in [3.8, 4) is 0 Å². The topological polar surface area (TPSA) is 90.9 Å². The Morgan fingerprint density at radius 1 is 1.16 bits per heavy atom. The molecule has 2 aromatic rings. The number of hydrogen-bond donors (Lipinski definition) is 3. The number of aliphatic imine (C=N–C) groups is 1. The van der Waals surface area contributed by atoms with Crippen molar-refractivity contribution in [3.05, 3.63) is 59.9 Å². The van der Waals surface area contributed by atoms with Crippen LogP contribution in [0.25, 0.3) is 0 Å². The summed E-state index contributed by atoms with van der Waals surface area (Å²) >= 11 is 0. The minimum Gasteiger partial charge on any atom is -0.379 e. The summed E-state index contributed by atoms with van der Waals surface area (Å²) in [5.74, 6) is 0.755. The van der Waals surface area contributed by atoms with Gasteiger partial charge >= 0.3 is 0 Å². The van der Waals surface area contributed by atoms with Gasteiger partial charge in [0.25, 0.3) is 0 Å². The van der Waals surface area contributed by atoms with Gasteiger partial charge in [-0.1, -0.05) is 18.2 Å². The van der Waals surface area contributed by atoms with Crippen LogP contribution < -0.4 is 16.0 Å². The number of carbonyl (C=O) groups excluding carboxylic acids is 1. The van der Waals surface area contributed by atoms with Crippen molar-refractivity contribution in [1.29, 1.82) is 0 Å². The van der Waals surface area contributed by atoms with Gasteiger partial charge < -0.3 is 20.7 Å². The van der Waals surface area contributed by atoms with Gasteiger partial charge in [0.15, 0.2) is 5.96 Å². The maximum absolute atomic E-state index is 12.3. The zero-order valence-electron chi connectivity index (χ0n) is 18.1. The number of aromatic nitrogens is 1. The summed E-state index contributed by atoms with van der Waals surface area (Å²) < 4.78 is 5.34. The molecule has 0 radical (unpaired) electrons. The van der Waals surface area contributed by atoms with Crippen LogP contribution in [0, 0.1) is 0 Å². The molecule has 8 heteroatoms. The standard InChI is InChI=1S/C23H32N6O2/c1-2-24-23(27-18-21-7-3-4-10-25-21)26-17-19-6-5-8-20(16-19)28-22(30)9-11-29-12-14-31-15-13-29/h3-8,10,16H,2,9,11-15,17-18H2,1H3,(H,28,30)(H2,24,26,27). The molecule has 166 valence electrons. The molecule has 1 amide bonds. The number of rotatable bonds is 9. The molecular weight excluding hydrogens is 392 g/mol. The van der Waals surface area contributed by atoms with E-state index < -0.39 is 0 Å². The fourth-order valence-corrected chi connectivity index (χ4v) is 3.24. The van der Waals surface area contributed by atoms with Gasteiger partial charge in [0, 0.05) is 44.5 Å². The molecule has 1 aliphatic heterocycles. The second kappa shape index (κ2) is 12.7. The predicted molar refractivity (Wildman–Crippen MR) is 123 cm³/mol. The fraction of sp³-hybridized carbons (Fsp3) is 0.435. The van der Waals surface area contributed by atoms with Crippen molar-refractivity contribution in [2.75, 3.05) is 44.7 Å². The second-order valence-corrected chi connectivity index (χ2v) is 7.32. The number of guanidine groups is 1. The third-order valence-electron chi connectivity index (χ3n) is 4.90. The summed E-state index contributed by atoms with van der Waals surface area (Å²) in [6, 6.07) is 13.7. The number of morpholine rings is 1. The van der Waals surface area contributed by atoms with E-state index in [9.17, 15) is 4.79 Å². The normalized spacial score (nSPS) is 14.8. The van der Waals surface area contributed by atoms with Crippen LogP contribution >= 0.6 is 0 Å². The van der Waals surface area contributed by atoms with Crippen molar-refractivity contribution in [1.82, 2.24) is 20.5 Å². The van der Waals surface area contributed by atoms with Gasteiger partial charge in [-0.15, -0.1) is 0 Å². The Balaban J connectivity index is 1.49. The van der Waals surface area contributed by atoms with Crippen LogP contribution in [0.5, 0.6) is 0 Å². The van der Waals surface area contributed by atoms with E-state index in [2.05, 4.69) is 30.8 Å². The molecule has 31 heavy (non-hydrogen) atoms. The lowest BCUT2D eigenvalue weighted by Crippen LogP contribution is -2.38. The molecule has 0 saturated carbocycles. The second-order valence-electron chi connectivity index (χ2n) is 7.32. The van der Waals surface area contributed by atoms with Crippen LogP contribution in [-0.2, 0) is 22.6 Å². The van der Waals surface area contributed by atoms with Gasteiger partial charge in [-0.3, -0.25) is 14.7 Å². The van der Waals surface area contributed by atoms with Crippen molar-refractivity contribution in [2.45, 2.75) is 26.4 Å². The third kappa shape index (κ3) is 8.35. The lowest BCUT2D eigenvalue weighted by atomic mass is 10.2. The predicted octanol–water partition coefficient (Wildman–Crippen LogP) is 2.00. The summed E-state index contributed by atoms with van der Waals surface area (Å²) in [5, 5.41) is 9.54. The number of nitrogens with one attached hydrogen (secondary N) is 3. The first kappa shape index (κ1) is 22.7. The quantitative estimate of drug-likeness (QED) is 0.421. The number of hydrogen-bond acceptors (Lipinski definition) is 5. The van der Waals surface area contributed by atoms with Crippen molar-refractivity contribution >= 4 is 17.6 Å². The number of amides is 1. The molecule has 1 fully saturated rings. The van der Waals surface area contributed by atoms with E-state index in [4.69, 9.17) is 4.74 Å². The lowest BCUT2D eigenvalue weighted by molar-refractivity contribution is -0.116. The smallest absolute Gasteiger partial charge is 0.225 e. The number of anilines is 1. The number of carbonyl (C=O) groups is 1. The SMILES string of the molecule is CCNC(=NCc1cccc(NC(=O)CCN2CCOCC2)c1)NCc1ccccn1. The van der Waals surface area contributed by atoms with Crippen LogP contribution in [0.3, 0.4) is 0 Å². The maximum atomic E-state index is 12.3. The van der Waals surface area contributed by atoms with Gasteiger partial charge in [0.05, 0.1) is 32.0 Å². The molecule has 0 bridgehead atoms. The highest BCUT2D eigenvalue weighted by molar-refractivity contribution is 5.90. The Hall–Kier alpha value is -2.97. The Bertz CT molecular complexity index is 837. The van der Waals surface area contributed by atoms with Crippen LogP contribution in [0.15, 0.2) is 53.7 Å². The highest BCUT2D eigenvalue weighted by Gasteiger charge is 2.12. The summed E-state index contributed by atoms with van der Waals surface area (Å²) in [5.41, 5.74) is 2.78. The number of benzene rings is 1. The van der Waals surface area contributed by atoms with Gasteiger partial charge in [0.2, 0.25) is 5.91 Å². The molecule has 0 spiro atoms. The molecule has 1 saturated heterocycles. The molecule has 3 N–H and O–H groups in total. The fourth-order valence-electron chi connectivity index (χ4n) is 3.24. The average Bonchev–Trinajstić information content (AvgIpc) is 2.81. The molecule has 1 aromatic heterocycles. The molecule has 0 atom stereocenters. The van der Waals surface area contributed by atoms with Crippen LogP contribution in [-0.4, -0.2) is 61.1 Å². The van der Waals surface area contributed by atoms with E-state index in [1.54, 1.807) is 6.20 Å². The minimum atomic E-state index is 0.0255. The Kier molecular flexibility index (Phi) is 9.28. The number of nitrogens with zero attached hydrogens (tertiary/aromatic N) is 3. The van der Waals surface area contributed by atoms with Crippen molar-refractivity contribution in [3.63, 3.8) is 0 Å². The summed E-state index contributed by atoms with van der Waals surface area (Å²) in [7, 11) is 0. The van der Waals surface area contributed by atoms with E-state index in [1.807, 2.05) is 49.4 Å². The van der Waals surface area contributed by atoms with Gasteiger partial charge in [-0.25, -0.2) is 4.99 Å². The zero-order valence-corrected chi connectivity index (χ0v) is 18.1. The Morgan fingerprint density at radius 2 is 2.03 bits per heavy atom. The first-order valence-electron chi connectivity index (χ1n) is 10.8. The van der Waals surface area contributed by atoms with Crippen LogP contribution in [0.1, 0.15) is 24.6 Å².